The van der Waals surface area contributed by atoms with E-state index in [4.69, 9.17) is 23.9 Å². The molecular formula is C23H31N3O6. The van der Waals surface area contributed by atoms with Crippen molar-refractivity contribution in [1.29, 1.82) is 0 Å². The van der Waals surface area contributed by atoms with Gasteiger partial charge in [-0.3, -0.25) is 4.90 Å². The van der Waals surface area contributed by atoms with Crippen molar-refractivity contribution < 1.29 is 28.5 Å². The lowest BCUT2D eigenvalue weighted by molar-refractivity contribution is -0.145. The smallest absolute Gasteiger partial charge is 0.411 e. The summed E-state index contributed by atoms with van der Waals surface area (Å²) >= 11 is 0. The Morgan fingerprint density at radius 3 is 2.44 bits per heavy atom. The van der Waals surface area contributed by atoms with Crippen molar-refractivity contribution in [3.05, 3.63) is 23.9 Å². The summed E-state index contributed by atoms with van der Waals surface area (Å²) in [6.07, 6.45) is -0.791. The molecule has 1 aromatic heterocycles. The Morgan fingerprint density at radius 1 is 1.12 bits per heavy atom. The van der Waals surface area contributed by atoms with Crippen molar-refractivity contribution in [2.24, 2.45) is 0 Å². The molecule has 2 atom stereocenters. The monoisotopic (exact) mass is 445 g/mol. The number of fused-ring (bicyclic) bond motifs is 1. The third kappa shape index (κ3) is 5.20. The fourth-order valence-corrected chi connectivity index (χ4v) is 3.54. The highest BCUT2D eigenvalue weighted by atomic mass is 16.6. The quantitative estimate of drug-likeness (QED) is 0.643. The Balaban J connectivity index is 1.90. The van der Waals surface area contributed by atoms with Gasteiger partial charge in [0.1, 0.15) is 29.2 Å². The summed E-state index contributed by atoms with van der Waals surface area (Å²) in [5.41, 5.74) is 1.38. The van der Waals surface area contributed by atoms with E-state index in [-0.39, 0.29) is 18.9 Å². The lowest BCUT2D eigenvalue weighted by atomic mass is 10.1. The first kappa shape index (κ1) is 23.6. The molecule has 0 N–H and O–H groups in total. The van der Waals surface area contributed by atoms with Gasteiger partial charge in [-0.15, -0.1) is 0 Å². The standard InChI is InChI=1S/C23H31N3O6/c1-13(2)19-20(25-17-10-14(29-6)8-9-16(17)24-19)31-15-11-18(21(27)30-7)26(12-15)22(28)32-23(3,4)5/h8-10,13,15,18H,11-12H2,1-7H3/t15-,18+/m1/s1. The number of hydrogen-bond donors (Lipinski definition) is 0. The Hall–Kier alpha value is -3.10. The van der Waals surface area contributed by atoms with Crippen LogP contribution in [-0.4, -0.2) is 65.4 Å². The number of nitrogens with zero attached hydrogens (tertiary/aromatic N) is 3. The van der Waals surface area contributed by atoms with Crippen LogP contribution in [0.2, 0.25) is 0 Å². The maximum Gasteiger partial charge on any atom is 0.411 e. The van der Waals surface area contributed by atoms with Crippen LogP contribution in [0.15, 0.2) is 18.2 Å². The van der Waals surface area contributed by atoms with Gasteiger partial charge >= 0.3 is 12.1 Å². The fraction of sp³-hybridized carbons (Fsp3) is 0.565. The van der Waals surface area contributed by atoms with Crippen LogP contribution in [0, 0.1) is 0 Å². The summed E-state index contributed by atoms with van der Waals surface area (Å²) in [6.45, 7) is 9.50. The molecule has 0 spiro atoms. The highest BCUT2D eigenvalue weighted by molar-refractivity contribution is 5.82. The fourth-order valence-electron chi connectivity index (χ4n) is 3.54. The number of benzene rings is 1. The molecule has 0 aliphatic carbocycles. The van der Waals surface area contributed by atoms with E-state index in [0.29, 0.717) is 22.8 Å². The van der Waals surface area contributed by atoms with E-state index in [1.54, 1.807) is 33.9 Å². The Labute approximate surface area is 188 Å². The summed E-state index contributed by atoms with van der Waals surface area (Å²) in [5.74, 6) is 0.585. The average molecular weight is 446 g/mol. The van der Waals surface area contributed by atoms with Crippen LogP contribution in [0.3, 0.4) is 0 Å². The van der Waals surface area contributed by atoms with Crippen molar-refractivity contribution in [3.8, 4) is 11.6 Å². The van der Waals surface area contributed by atoms with Gasteiger partial charge in [0.2, 0.25) is 5.88 Å². The Morgan fingerprint density at radius 2 is 1.84 bits per heavy atom. The SMILES string of the molecule is COC(=O)[C@@H]1C[C@@H](Oc2nc3cc(OC)ccc3nc2C(C)C)CN1C(=O)OC(C)(C)C. The zero-order valence-corrected chi connectivity index (χ0v) is 19.7. The molecule has 9 nitrogen and oxygen atoms in total. The second kappa shape index (κ2) is 9.18. The second-order valence-corrected chi connectivity index (χ2v) is 9.07. The third-order valence-corrected chi connectivity index (χ3v) is 5.05. The molecule has 9 heteroatoms. The second-order valence-electron chi connectivity index (χ2n) is 9.07. The number of methoxy groups -OCH3 is 2. The van der Waals surface area contributed by atoms with Crippen LogP contribution in [-0.2, 0) is 14.3 Å². The molecule has 174 valence electrons. The molecular weight excluding hydrogens is 414 g/mol. The molecule has 1 aliphatic heterocycles. The van der Waals surface area contributed by atoms with Gasteiger partial charge in [-0.25, -0.2) is 19.6 Å². The molecule has 1 amide bonds. The number of aromatic nitrogens is 2. The molecule has 1 fully saturated rings. The van der Waals surface area contributed by atoms with Gasteiger partial charge in [0.15, 0.2) is 0 Å². The van der Waals surface area contributed by atoms with Crippen molar-refractivity contribution in [3.63, 3.8) is 0 Å². The van der Waals surface area contributed by atoms with Crippen LogP contribution in [0.5, 0.6) is 11.6 Å². The number of rotatable bonds is 5. The summed E-state index contributed by atoms with van der Waals surface area (Å²) in [7, 11) is 2.88. The van der Waals surface area contributed by atoms with Crippen molar-refractivity contribution >= 4 is 23.1 Å². The molecule has 0 bridgehead atoms. The summed E-state index contributed by atoms with van der Waals surface area (Å²) in [5, 5.41) is 0. The number of ether oxygens (including phenoxy) is 4. The lowest BCUT2D eigenvalue weighted by Gasteiger charge is -2.27. The largest absolute Gasteiger partial charge is 0.497 e. The van der Waals surface area contributed by atoms with Gasteiger partial charge in [0.25, 0.3) is 0 Å². The van der Waals surface area contributed by atoms with Gasteiger partial charge in [0.05, 0.1) is 31.8 Å². The highest BCUT2D eigenvalue weighted by Gasteiger charge is 2.43. The van der Waals surface area contributed by atoms with E-state index in [2.05, 4.69) is 4.98 Å². The van der Waals surface area contributed by atoms with Crippen LogP contribution in [0.25, 0.3) is 11.0 Å². The van der Waals surface area contributed by atoms with Crippen molar-refractivity contribution in [2.75, 3.05) is 20.8 Å². The van der Waals surface area contributed by atoms with Crippen LogP contribution in [0.4, 0.5) is 4.79 Å². The molecule has 3 rings (SSSR count). The Kier molecular flexibility index (Phi) is 6.76. The minimum Gasteiger partial charge on any atom is -0.497 e. The summed E-state index contributed by atoms with van der Waals surface area (Å²) in [6, 6.07) is 4.68. The van der Waals surface area contributed by atoms with Crippen molar-refractivity contribution in [2.45, 2.75) is 64.7 Å². The van der Waals surface area contributed by atoms with E-state index in [1.807, 2.05) is 26.0 Å². The minimum atomic E-state index is -0.796. The van der Waals surface area contributed by atoms with E-state index in [1.165, 1.54) is 12.0 Å². The van der Waals surface area contributed by atoms with E-state index in [9.17, 15) is 9.59 Å². The van der Waals surface area contributed by atoms with Crippen LogP contribution in [0.1, 0.15) is 52.7 Å². The van der Waals surface area contributed by atoms with Gasteiger partial charge in [-0.2, -0.15) is 0 Å². The molecule has 0 unspecified atom stereocenters. The van der Waals surface area contributed by atoms with Crippen molar-refractivity contribution in [1.82, 2.24) is 14.9 Å². The van der Waals surface area contributed by atoms with Gasteiger partial charge < -0.3 is 18.9 Å². The maximum atomic E-state index is 12.7. The zero-order valence-electron chi connectivity index (χ0n) is 19.7. The van der Waals surface area contributed by atoms with E-state index < -0.39 is 29.8 Å². The normalized spacial score (nSPS) is 18.7. The minimum absolute atomic E-state index is 0.0590. The first-order valence-corrected chi connectivity index (χ1v) is 10.6. The summed E-state index contributed by atoms with van der Waals surface area (Å²) < 4.78 is 21.9. The third-order valence-electron chi connectivity index (χ3n) is 5.05. The van der Waals surface area contributed by atoms with Gasteiger partial charge in [0, 0.05) is 18.4 Å². The molecule has 2 aromatic rings. The first-order chi connectivity index (χ1) is 15.0. The molecule has 32 heavy (non-hydrogen) atoms. The number of esters is 1. The topological polar surface area (TPSA) is 100 Å². The highest BCUT2D eigenvalue weighted by Crippen LogP contribution is 2.31. The number of carbonyl (C=O) groups excluding carboxylic acids is 2. The predicted molar refractivity (Wildman–Crippen MR) is 118 cm³/mol. The van der Waals surface area contributed by atoms with E-state index in [0.717, 1.165) is 5.52 Å². The lowest BCUT2D eigenvalue weighted by Crippen LogP contribution is -2.44. The number of likely N-dealkylation sites (tertiary alicyclic amines) is 1. The maximum absolute atomic E-state index is 12.7. The van der Waals surface area contributed by atoms with Gasteiger partial charge in [-0.1, -0.05) is 13.8 Å². The predicted octanol–water partition coefficient (Wildman–Crippen LogP) is 3.69. The molecule has 1 aliphatic rings. The molecule has 1 saturated heterocycles. The number of hydrogen-bond acceptors (Lipinski definition) is 8. The zero-order chi connectivity index (χ0) is 23.6. The molecule has 0 radical (unpaired) electrons. The molecule has 2 heterocycles. The van der Waals surface area contributed by atoms with Crippen LogP contribution >= 0.6 is 0 Å². The average Bonchev–Trinajstić information content (AvgIpc) is 3.14. The van der Waals surface area contributed by atoms with Crippen LogP contribution < -0.4 is 9.47 Å². The Bertz CT molecular complexity index is 1000. The summed E-state index contributed by atoms with van der Waals surface area (Å²) in [4.78, 5) is 35.8. The van der Waals surface area contributed by atoms with Gasteiger partial charge in [-0.05, 0) is 32.9 Å². The number of carbonyl (C=O) groups is 2. The number of amides is 1. The molecule has 0 saturated carbocycles. The molecule has 1 aromatic carbocycles. The first-order valence-electron chi connectivity index (χ1n) is 10.6. The van der Waals surface area contributed by atoms with E-state index >= 15 is 0 Å².